The van der Waals surface area contributed by atoms with Crippen molar-refractivity contribution in [2.45, 2.75) is 18.9 Å². The van der Waals surface area contributed by atoms with Crippen LogP contribution in [0, 0.1) is 5.92 Å². The van der Waals surface area contributed by atoms with Crippen molar-refractivity contribution < 1.29 is 5.11 Å². The molecule has 0 aromatic rings. The molecule has 3 nitrogen and oxygen atoms in total. The van der Waals surface area contributed by atoms with Gasteiger partial charge in [0.05, 0.1) is 6.10 Å². The van der Waals surface area contributed by atoms with Crippen LogP contribution in [0.15, 0.2) is 0 Å². The van der Waals surface area contributed by atoms with Crippen molar-refractivity contribution in [1.29, 1.82) is 0 Å². The molecule has 0 aromatic heterocycles. The van der Waals surface area contributed by atoms with Gasteiger partial charge < -0.3 is 5.11 Å². The molecule has 1 fully saturated rings. The normalized spacial score (nSPS) is 36.8. The third-order valence-electron chi connectivity index (χ3n) is 1.62. The molecule has 0 spiro atoms. The smallest absolute Gasteiger partial charge is 0.0546 e. The van der Waals surface area contributed by atoms with E-state index in [0.717, 1.165) is 19.4 Å². The van der Waals surface area contributed by atoms with Crippen molar-refractivity contribution in [1.82, 2.24) is 5.43 Å². The van der Waals surface area contributed by atoms with Gasteiger partial charge in [-0.2, -0.15) is 0 Å². The van der Waals surface area contributed by atoms with Gasteiger partial charge in [0.15, 0.2) is 0 Å². The minimum atomic E-state index is -0.0478. The van der Waals surface area contributed by atoms with E-state index in [0.29, 0.717) is 5.92 Å². The first-order chi connectivity index (χ1) is 3.83. The van der Waals surface area contributed by atoms with E-state index >= 15 is 0 Å². The van der Waals surface area contributed by atoms with Crippen LogP contribution in [-0.2, 0) is 0 Å². The monoisotopic (exact) mass is 116 g/mol. The summed E-state index contributed by atoms with van der Waals surface area (Å²) in [6.45, 7) is 0.844. The van der Waals surface area contributed by atoms with Crippen molar-refractivity contribution in [3.05, 3.63) is 0 Å². The molecule has 0 amide bonds. The molecule has 48 valence electrons. The molecule has 0 aliphatic heterocycles. The second kappa shape index (κ2) is 2.44. The summed E-state index contributed by atoms with van der Waals surface area (Å²) in [6, 6.07) is 0. The fourth-order valence-electron chi connectivity index (χ4n) is 1.03. The molecule has 1 saturated carbocycles. The lowest BCUT2D eigenvalue weighted by Crippen LogP contribution is -2.38. The average molecular weight is 116 g/mol. The molecule has 0 radical (unpaired) electrons. The maximum absolute atomic E-state index is 8.78. The lowest BCUT2D eigenvalue weighted by atomic mass is 9.83. The van der Waals surface area contributed by atoms with Gasteiger partial charge in [-0.25, -0.2) is 0 Å². The number of aliphatic hydroxyl groups excluding tert-OH is 1. The maximum Gasteiger partial charge on any atom is 0.0546 e. The molecule has 0 bridgehead atoms. The Kier molecular flexibility index (Phi) is 1.83. The number of nitrogens with two attached hydrogens (primary N) is 1. The zero-order valence-corrected chi connectivity index (χ0v) is 4.80. The van der Waals surface area contributed by atoms with Gasteiger partial charge in [0, 0.05) is 6.54 Å². The van der Waals surface area contributed by atoms with Gasteiger partial charge in [-0.15, -0.1) is 0 Å². The fourth-order valence-corrected chi connectivity index (χ4v) is 1.03. The maximum atomic E-state index is 8.78. The van der Waals surface area contributed by atoms with Gasteiger partial charge in [-0.3, -0.25) is 11.3 Å². The highest BCUT2D eigenvalue weighted by atomic mass is 16.3. The highest BCUT2D eigenvalue weighted by Crippen LogP contribution is 2.25. The van der Waals surface area contributed by atoms with Crippen molar-refractivity contribution in [2.75, 3.05) is 6.54 Å². The molecule has 0 aromatic carbocycles. The van der Waals surface area contributed by atoms with E-state index in [1.807, 2.05) is 0 Å². The summed E-state index contributed by atoms with van der Waals surface area (Å²) >= 11 is 0. The predicted octanol–water partition coefficient (Wildman–Crippen LogP) is -0.779. The van der Waals surface area contributed by atoms with Crippen LogP contribution < -0.4 is 11.3 Å². The molecule has 1 aliphatic carbocycles. The Hall–Kier alpha value is -0.120. The van der Waals surface area contributed by atoms with E-state index in [1.54, 1.807) is 0 Å². The molecule has 4 N–H and O–H groups in total. The SMILES string of the molecule is NNC[C@H]1C[C@@H](O)C1. The minimum Gasteiger partial charge on any atom is -0.393 e. The zero-order valence-electron chi connectivity index (χ0n) is 4.80. The second-order valence-corrected chi connectivity index (χ2v) is 2.40. The highest BCUT2D eigenvalue weighted by molar-refractivity contribution is 4.78. The van der Waals surface area contributed by atoms with Gasteiger partial charge in [-0.1, -0.05) is 0 Å². The summed E-state index contributed by atoms with van der Waals surface area (Å²) in [5.74, 6) is 5.67. The molecule has 0 unspecified atom stereocenters. The molecule has 1 rings (SSSR count). The van der Waals surface area contributed by atoms with Gasteiger partial charge >= 0.3 is 0 Å². The van der Waals surface area contributed by atoms with Gasteiger partial charge in [0.25, 0.3) is 0 Å². The lowest BCUT2D eigenvalue weighted by molar-refractivity contribution is 0.0432. The predicted molar refractivity (Wildman–Crippen MR) is 30.9 cm³/mol. The van der Waals surface area contributed by atoms with Crippen LogP contribution in [0.4, 0.5) is 0 Å². The first-order valence-corrected chi connectivity index (χ1v) is 2.94. The molecule has 0 saturated heterocycles. The largest absolute Gasteiger partial charge is 0.393 e. The van der Waals surface area contributed by atoms with Gasteiger partial charge in [0.1, 0.15) is 0 Å². The summed E-state index contributed by atoms with van der Waals surface area (Å²) in [7, 11) is 0. The van der Waals surface area contributed by atoms with E-state index < -0.39 is 0 Å². The molecule has 0 heterocycles. The Morgan fingerprint density at radius 2 is 2.25 bits per heavy atom. The summed E-state index contributed by atoms with van der Waals surface area (Å²) in [5.41, 5.74) is 2.58. The summed E-state index contributed by atoms with van der Waals surface area (Å²) in [5, 5.41) is 8.78. The molecule has 0 atom stereocenters. The number of hydrogen-bond acceptors (Lipinski definition) is 3. The number of rotatable bonds is 2. The van der Waals surface area contributed by atoms with Crippen LogP contribution in [0.2, 0.25) is 0 Å². The Balaban J connectivity index is 1.98. The van der Waals surface area contributed by atoms with E-state index in [9.17, 15) is 0 Å². The summed E-state index contributed by atoms with van der Waals surface area (Å²) in [6.07, 6.45) is 1.79. The Morgan fingerprint density at radius 1 is 1.62 bits per heavy atom. The van der Waals surface area contributed by atoms with E-state index in [4.69, 9.17) is 10.9 Å². The molecular weight excluding hydrogens is 104 g/mol. The third kappa shape index (κ3) is 1.18. The molecule has 1 aliphatic rings. The van der Waals surface area contributed by atoms with Crippen molar-refractivity contribution in [3.8, 4) is 0 Å². The average Bonchev–Trinajstić information content (AvgIpc) is 1.64. The second-order valence-electron chi connectivity index (χ2n) is 2.40. The number of hydrogen-bond donors (Lipinski definition) is 3. The first-order valence-electron chi connectivity index (χ1n) is 2.94. The third-order valence-corrected chi connectivity index (χ3v) is 1.62. The van der Waals surface area contributed by atoms with Gasteiger partial charge in [-0.05, 0) is 18.8 Å². The molecule has 3 heteroatoms. The first kappa shape index (κ1) is 6.01. The number of aliphatic hydroxyl groups is 1. The molecule has 8 heavy (non-hydrogen) atoms. The lowest BCUT2D eigenvalue weighted by Gasteiger charge is -2.30. The Labute approximate surface area is 48.8 Å². The highest BCUT2D eigenvalue weighted by Gasteiger charge is 2.25. The van der Waals surface area contributed by atoms with Crippen LogP contribution >= 0.6 is 0 Å². The zero-order chi connectivity index (χ0) is 5.98. The standard InChI is InChI=1S/C5H12N2O/c6-7-3-4-1-5(8)2-4/h4-5,7-8H,1-3,6H2/t4-,5+. The number of nitrogens with one attached hydrogen (secondary N) is 1. The van der Waals surface area contributed by atoms with Crippen molar-refractivity contribution >= 4 is 0 Å². The Morgan fingerprint density at radius 3 is 2.62 bits per heavy atom. The van der Waals surface area contributed by atoms with E-state index in [2.05, 4.69) is 5.43 Å². The van der Waals surface area contributed by atoms with Crippen molar-refractivity contribution in [3.63, 3.8) is 0 Å². The van der Waals surface area contributed by atoms with Crippen LogP contribution in [-0.4, -0.2) is 17.8 Å². The van der Waals surface area contributed by atoms with Crippen LogP contribution in [0.25, 0.3) is 0 Å². The summed E-state index contributed by atoms with van der Waals surface area (Å²) < 4.78 is 0. The summed E-state index contributed by atoms with van der Waals surface area (Å²) in [4.78, 5) is 0. The number of hydrazine groups is 1. The van der Waals surface area contributed by atoms with E-state index in [1.165, 1.54) is 0 Å². The Bertz CT molecular complexity index is 68.1. The van der Waals surface area contributed by atoms with Crippen molar-refractivity contribution in [2.24, 2.45) is 11.8 Å². The topological polar surface area (TPSA) is 58.3 Å². The molecular formula is C5H12N2O. The minimum absolute atomic E-state index is 0.0478. The van der Waals surface area contributed by atoms with Crippen LogP contribution in [0.3, 0.4) is 0 Å². The van der Waals surface area contributed by atoms with Gasteiger partial charge in [0.2, 0.25) is 0 Å². The van der Waals surface area contributed by atoms with Crippen LogP contribution in [0.1, 0.15) is 12.8 Å². The fraction of sp³-hybridized carbons (Fsp3) is 1.00. The van der Waals surface area contributed by atoms with Crippen LogP contribution in [0.5, 0.6) is 0 Å². The van der Waals surface area contributed by atoms with E-state index in [-0.39, 0.29) is 6.10 Å². The quantitative estimate of drug-likeness (QED) is 0.327.